The Morgan fingerprint density at radius 1 is 1.07 bits per heavy atom. The van der Waals surface area contributed by atoms with Crippen molar-refractivity contribution in [3.63, 3.8) is 0 Å². The molecule has 2 atom stereocenters. The maximum absolute atomic E-state index is 2.46. The van der Waals surface area contributed by atoms with Gasteiger partial charge in [0.1, 0.15) is 0 Å². The van der Waals surface area contributed by atoms with Crippen LogP contribution < -0.4 is 0 Å². The highest BCUT2D eigenvalue weighted by molar-refractivity contribution is 8.77. The molecule has 0 aromatic rings. The molecule has 1 saturated heterocycles. The zero-order valence-corrected chi connectivity index (χ0v) is 11.6. The second-order valence-electron chi connectivity index (χ2n) is 5.07. The van der Waals surface area contributed by atoms with Crippen LogP contribution in [0.4, 0.5) is 0 Å². The Bertz CT molecular complexity index is 166. The van der Waals surface area contributed by atoms with Crippen molar-refractivity contribution in [1.82, 2.24) is 0 Å². The van der Waals surface area contributed by atoms with E-state index in [2.05, 4.69) is 49.3 Å². The molecule has 0 amide bonds. The molecule has 0 nitrogen and oxygen atoms in total. The van der Waals surface area contributed by atoms with Crippen molar-refractivity contribution in [3.8, 4) is 0 Å². The summed E-state index contributed by atoms with van der Waals surface area (Å²) in [4.78, 5) is 0. The highest BCUT2D eigenvalue weighted by Gasteiger charge is 2.36. The van der Waals surface area contributed by atoms with Crippen LogP contribution in [0.5, 0.6) is 0 Å². The summed E-state index contributed by atoms with van der Waals surface area (Å²) in [6.45, 7) is 9.53. The van der Waals surface area contributed by atoms with Gasteiger partial charge in [-0.3, -0.25) is 0 Å². The van der Waals surface area contributed by atoms with Gasteiger partial charge in [0.2, 0.25) is 0 Å². The highest BCUT2D eigenvalue weighted by Crippen LogP contribution is 2.52. The van der Waals surface area contributed by atoms with Crippen molar-refractivity contribution in [2.75, 3.05) is 0 Å². The molecule has 0 radical (unpaired) electrons. The van der Waals surface area contributed by atoms with Crippen molar-refractivity contribution in [2.45, 2.75) is 70.3 Å². The van der Waals surface area contributed by atoms with Gasteiger partial charge in [0, 0.05) is 10.5 Å². The number of hydrogen-bond acceptors (Lipinski definition) is 2. The molecule has 2 heteroatoms. The maximum Gasteiger partial charge on any atom is 0.0203 e. The van der Waals surface area contributed by atoms with Gasteiger partial charge in [-0.15, -0.1) is 0 Å². The van der Waals surface area contributed by atoms with Crippen LogP contribution in [0.1, 0.15) is 59.8 Å². The number of hydrogen-bond donors (Lipinski definition) is 0. The van der Waals surface area contributed by atoms with Crippen LogP contribution in [0.3, 0.4) is 0 Å². The van der Waals surface area contributed by atoms with Gasteiger partial charge < -0.3 is 0 Å². The van der Waals surface area contributed by atoms with E-state index in [1.807, 2.05) is 0 Å². The molecule has 0 aromatic carbocycles. The van der Waals surface area contributed by atoms with Crippen molar-refractivity contribution < 1.29 is 0 Å². The zero-order chi connectivity index (χ0) is 10.6. The Kier molecular flexibility index (Phi) is 5.19. The summed E-state index contributed by atoms with van der Waals surface area (Å²) in [7, 11) is 4.31. The predicted octanol–water partition coefficient (Wildman–Crippen LogP) is 5.14. The second-order valence-corrected chi connectivity index (χ2v) is 7.85. The lowest BCUT2D eigenvalue weighted by molar-refractivity contribution is 0.301. The van der Waals surface area contributed by atoms with Gasteiger partial charge in [0.15, 0.2) is 0 Å². The summed E-state index contributed by atoms with van der Waals surface area (Å²) >= 11 is 0. The Labute approximate surface area is 97.4 Å². The summed E-state index contributed by atoms with van der Waals surface area (Å²) in [5, 5.41) is 1.79. The predicted molar refractivity (Wildman–Crippen MR) is 71.0 cm³/mol. The average Bonchev–Trinajstić information content (AvgIpc) is 2.10. The Balaban J connectivity index is 2.47. The zero-order valence-electron chi connectivity index (χ0n) is 10.0. The first-order chi connectivity index (χ1) is 6.60. The van der Waals surface area contributed by atoms with Crippen molar-refractivity contribution >= 4 is 21.6 Å². The Morgan fingerprint density at radius 3 is 2.21 bits per heavy atom. The third kappa shape index (κ3) is 3.37. The van der Waals surface area contributed by atoms with Crippen molar-refractivity contribution in [1.29, 1.82) is 0 Å². The van der Waals surface area contributed by atoms with Crippen LogP contribution in [-0.4, -0.2) is 10.5 Å². The monoisotopic (exact) mass is 232 g/mol. The van der Waals surface area contributed by atoms with Gasteiger partial charge >= 0.3 is 0 Å². The molecule has 84 valence electrons. The molecule has 14 heavy (non-hydrogen) atoms. The fraction of sp³-hybridized carbons (Fsp3) is 1.00. The van der Waals surface area contributed by atoms with Gasteiger partial charge in [-0.25, -0.2) is 0 Å². The van der Waals surface area contributed by atoms with E-state index in [9.17, 15) is 0 Å². The molecule has 1 aliphatic heterocycles. The van der Waals surface area contributed by atoms with E-state index in [0.717, 1.165) is 10.5 Å². The molecule has 1 aliphatic rings. The summed E-state index contributed by atoms with van der Waals surface area (Å²) in [6, 6.07) is 0. The minimum atomic E-state index is 0.561. The summed E-state index contributed by atoms with van der Waals surface area (Å²) in [5.41, 5.74) is 0.561. The van der Waals surface area contributed by atoms with Crippen LogP contribution in [-0.2, 0) is 0 Å². The van der Waals surface area contributed by atoms with E-state index < -0.39 is 0 Å². The minimum Gasteiger partial charge on any atom is -0.0904 e. The SMILES string of the molecule is CCCC1CC(C)(C)C(CCC)SS1. The third-order valence-electron chi connectivity index (χ3n) is 3.09. The lowest BCUT2D eigenvalue weighted by Gasteiger charge is -2.41. The molecule has 0 aromatic heterocycles. The fourth-order valence-corrected chi connectivity index (χ4v) is 6.45. The van der Waals surface area contributed by atoms with E-state index in [4.69, 9.17) is 0 Å². The Hall–Kier alpha value is 0.700. The van der Waals surface area contributed by atoms with E-state index in [-0.39, 0.29) is 0 Å². The van der Waals surface area contributed by atoms with Gasteiger partial charge in [-0.05, 0) is 24.7 Å². The summed E-state index contributed by atoms with van der Waals surface area (Å²) in [6.07, 6.45) is 6.89. The first-order valence-electron chi connectivity index (χ1n) is 5.92. The van der Waals surface area contributed by atoms with E-state index in [0.29, 0.717) is 5.41 Å². The van der Waals surface area contributed by atoms with E-state index in [1.54, 1.807) is 0 Å². The fourth-order valence-electron chi connectivity index (χ4n) is 2.20. The normalized spacial score (nSPS) is 31.7. The summed E-state index contributed by atoms with van der Waals surface area (Å²) < 4.78 is 0. The van der Waals surface area contributed by atoms with Crippen LogP contribution in [0.15, 0.2) is 0 Å². The van der Waals surface area contributed by atoms with Gasteiger partial charge in [0.05, 0.1) is 0 Å². The molecular weight excluding hydrogens is 208 g/mol. The van der Waals surface area contributed by atoms with Crippen molar-refractivity contribution in [2.24, 2.45) is 5.41 Å². The van der Waals surface area contributed by atoms with E-state index >= 15 is 0 Å². The molecular formula is C12H24S2. The van der Waals surface area contributed by atoms with Crippen LogP contribution >= 0.6 is 21.6 Å². The molecule has 0 N–H and O–H groups in total. The van der Waals surface area contributed by atoms with Crippen molar-refractivity contribution in [3.05, 3.63) is 0 Å². The molecule has 1 fully saturated rings. The van der Waals surface area contributed by atoms with Gasteiger partial charge in [0.25, 0.3) is 0 Å². The quantitative estimate of drug-likeness (QED) is 0.616. The molecule has 2 unspecified atom stereocenters. The Morgan fingerprint density at radius 2 is 1.71 bits per heavy atom. The van der Waals surface area contributed by atoms with Crippen LogP contribution in [0.25, 0.3) is 0 Å². The topological polar surface area (TPSA) is 0 Å². The summed E-state index contributed by atoms with van der Waals surface area (Å²) in [5.74, 6) is 0. The maximum atomic E-state index is 2.46. The highest BCUT2D eigenvalue weighted by atomic mass is 33.1. The lowest BCUT2D eigenvalue weighted by atomic mass is 9.81. The molecule has 1 heterocycles. The molecule has 1 rings (SSSR count). The van der Waals surface area contributed by atoms with Gasteiger partial charge in [-0.2, -0.15) is 0 Å². The van der Waals surface area contributed by atoms with Crippen LogP contribution in [0, 0.1) is 5.41 Å². The minimum absolute atomic E-state index is 0.561. The first kappa shape index (κ1) is 12.8. The molecule has 0 aliphatic carbocycles. The van der Waals surface area contributed by atoms with Gasteiger partial charge in [-0.1, -0.05) is 62.1 Å². The smallest absolute Gasteiger partial charge is 0.0203 e. The third-order valence-corrected chi connectivity index (χ3v) is 6.83. The second kappa shape index (κ2) is 5.69. The van der Waals surface area contributed by atoms with E-state index in [1.165, 1.54) is 32.1 Å². The molecule has 0 saturated carbocycles. The molecule has 0 spiro atoms. The largest absolute Gasteiger partial charge is 0.0904 e. The molecule has 0 bridgehead atoms. The average molecular weight is 232 g/mol. The standard InChI is InChI=1S/C12H24S2/c1-5-7-10-9-12(3,4)11(8-6-2)14-13-10/h10-11H,5-9H2,1-4H3. The first-order valence-corrected chi connectivity index (χ1v) is 8.20. The van der Waals surface area contributed by atoms with Crippen LogP contribution in [0.2, 0.25) is 0 Å². The number of rotatable bonds is 4. The lowest BCUT2D eigenvalue weighted by Crippen LogP contribution is -2.33.